The van der Waals surface area contributed by atoms with E-state index in [2.05, 4.69) is 118 Å². The molecule has 11 rings (SSSR count). The number of esters is 1. The molecule has 0 saturated carbocycles. The summed E-state index contributed by atoms with van der Waals surface area (Å²) in [6.07, 6.45) is -13.1. The molecule has 7 aliphatic rings. The van der Waals surface area contributed by atoms with Gasteiger partial charge in [0.15, 0.2) is 50.1 Å². The SMILES string of the molecule is CCC1O[C@@H](OC2[C@@H](OCC3O[C@@H](O[C@@H]4C(COCc5ccccc5)O[C@@H](OCc5ccccc5)C(C)[C@H]4C)C(OCc4ccccc4)[C@@H](O[C@@H]4OC(CC)[C@H](C)[C@@H](C)C4O[C@@H]4OC(CC)[C@@H](O[C@@H]5OC(COCc6ccccc6)[C@H](C)[C@H](C)C5OC(C)=O)[C@H](C)C4C)[C@@H]3O)OC(CC)[C@@H](C)[C@@H]2C)C(C)[C@@H](C)[C@@H]1C. The predicted octanol–water partition coefficient (Wildman–Crippen LogP) is 15.4. The number of benzene rings is 4. The van der Waals surface area contributed by atoms with E-state index in [0.29, 0.717) is 51.1 Å². The number of carbonyl (C=O) groups excluding carboxylic acids is 1. The van der Waals surface area contributed by atoms with Crippen LogP contribution in [-0.2, 0) is 116 Å². The Balaban J connectivity index is 0.919. The molecule has 7 aliphatic heterocycles. The van der Waals surface area contributed by atoms with Gasteiger partial charge in [-0.1, -0.05) is 239 Å². The van der Waals surface area contributed by atoms with Gasteiger partial charge in [-0.05, 0) is 101 Å². The van der Waals surface area contributed by atoms with Crippen molar-refractivity contribution >= 4 is 5.97 Å². The molecule has 0 aromatic heterocycles. The van der Waals surface area contributed by atoms with Crippen LogP contribution in [0.25, 0.3) is 0 Å². The second kappa shape index (κ2) is 40.3. The first-order valence-corrected chi connectivity index (χ1v) is 41.4. The van der Waals surface area contributed by atoms with Gasteiger partial charge in [0.2, 0.25) is 0 Å². The molecule has 4 aromatic rings. The molecule has 0 radical (unpaired) electrons. The van der Waals surface area contributed by atoms with Crippen molar-refractivity contribution < 1.29 is 95.2 Å². The van der Waals surface area contributed by atoms with E-state index < -0.39 is 117 Å². The van der Waals surface area contributed by atoms with Gasteiger partial charge in [0.1, 0.15) is 42.7 Å². The summed E-state index contributed by atoms with van der Waals surface area (Å²) in [6.45, 7) is 39.8. The van der Waals surface area contributed by atoms with E-state index in [-0.39, 0.29) is 109 Å². The first-order valence-electron chi connectivity index (χ1n) is 41.4. The van der Waals surface area contributed by atoms with Crippen LogP contribution in [0, 0.1) is 76.9 Å². The Morgan fingerprint density at radius 1 is 0.294 bits per heavy atom. The van der Waals surface area contributed by atoms with Crippen molar-refractivity contribution in [2.45, 2.75) is 312 Å². The molecule has 7 saturated heterocycles. The smallest absolute Gasteiger partial charge is 0.303 e. The third kappa shape index (κ3) is 20.8. The second-order valence-electron chi connectivity index (χ2n) is 33.1. The maximum Gasteiger partial charge on any atom is 0.303 e. The van der Waals surface area contributed by atoms with Crippen molar-refractivity contribution in [2.24, 2.45) is 76.9 Å². The van der Waals surface area contributed by atoms with Crippen LogP contribution < -0.4 is 0 Å². The molecule has 1 N–H and O–H groups in total. The van der Waals surface area contributed by atoms with E-state index in [0.717, 1.165) is 35.1 Å². The first kappa shape index (κ1) is 85.5. The van der Waals surface area contributed by atoms with Crippen molar-refractivity contribution in [2.75, 3.05) is 19.8 Å². The minimum Gasteiger partial charge on any atom is -0.457 e. The number of carbonyl (C=O) groups is 1. The highest BCUT2D eigenvalue weighted by Crippen LogP contribution is 2.47. The van der Waals surface area contributed by atoms with E-state index in [4.69, 9.17) is 85.3 Å². The molecule has 0 aliphatic carbocycles. The molecule has 0 amide bonds. The molecule has 20 nitrogen and oxygen atoms in total. The van der Waals surface area contributed by atoms with Gasteiger partial charge in [0.25, 0.3) is 0 Å². The summed E-state index contributed by atoms with van der Waals surface area (Å²) in [7, 11) is 0. The number of aliphatic hydroxyl groups excluding tert-OH is 1. The van der Waals surface area contributed by atoms with E-state index in [1.54, 1.807) is 0 Å². The summed E-state index contributed by atoms with van der Waals surface area (Å²) >= 11 is 0. The zero-order valence-electron chi connectivity index (χ0n) is 68.2. The van der Waals surface area contributed by atoms with Gasteiger partial charge in [0, 0.05) is 30.6 Å². The molecular formula is C89H132O20. The lowest BCUT2D eigenvalue weighted by Crippen LogP contribution is -2.66. The van der Waals surface area contributed by atoms with Gasteiger partial charge >= 0.3 is 5.97 Å². The minimum atomic E-state index is -1.43. The number of ether oxygens (including phenoxy) is 18. The first-order chi connectivity index (χ1) is 52.5. The van der Waals surface area contributed by atoms with Crippen LogP contribution in [0.2, 0.25) is 0 Å². The largest absolute Gasteiger partial charge is 0.457 e. The van der Waals surface area contributed by atoms with Crippen molar-refractivity contribution in [1.29, 1.82) is 0 Å². The highest BCUT2D eigenvalue weighted by atomic mass is 16.8. The third-order valence-corrected chi connectivity index (χ3v) is 26.2. The second-order valence-corrected chi connectivity index (χ2v) is 33.1. The molecule has 608 valence electrons. The van der Waals surface area contributed by atoms with Crippen molar-refractivity contribution in [3.8, 4) is 0 Å². The van der Waals surface area contributed by atoms with Gasteiger partial charge in [-0.3, -0.25) is 4.79 Å². The molecule has 7 fully saturated rings. The zero-order chi connectivity index (χ0) is 77.7. The lowest BCUT2D eigenvalue weighted by atomic mass is 9.78. The number of rotatable bonds is 32. The summed E-state index contributed by atoms with van der Waals surface area (Å²) in [5.41, 5.74) is 3.98. The third-order valence-electron chi connectivity index (χ3n) is 26.2. The molecule has 109 heavy (non-hydrogen) atoms. The fraction of sp³-hybridized carbons (Fsp3) is 0.719. The van der Waals surface area contributed by atoms with Crippen LogP contribution in [0.1, 0.15) is 173 Å². The molecule has 14 unspecified atom stereocenters. The summed E-state index contributed by atoms with van der Waals surface area (Å²) in [5, 5.41) is 13.7. The van der Waals surface area contributed by atoms with E-state index in [1.807, 2.05) is 121 Å². The lowest BCUT2D eigenvalue weighted by Gasteiger charge is -2.52. The van der Waals surface area contributed by atoms with Crippen LogP contribution in [0.5, 0.6) is 0 Å². The Labute approximate surface area is 650 Å². The lowest BCUT2D eigenvalue weighted by molar-refractivity contribution is -0.394. The van der Waals surface area contributed by atoms with Crippen LogP contribution in [0.4, 0.5) is 0 Å². The molecule has 35 atom stereocenters. The summed E-state index contributed by atoms with van der Waals surface area (Å²) in [5.74, 6) is -0.639. The number of hydrogen-bond donors (Lipinski definition) is 1. The Morgan fingerprint density at radius 3 is 1.13 bits per heavy atom. The average molecular weight is 1520 g/mol. The van der Waals surface area contributed by atoms with E-state index in [9.17, 15) is 9.90 Å². The molecule has 4 aromatic carbocycles. The topological polar surface area (TPSA) is 203 Å². The Bertz CT molecular complexity index is 3280. The molecule has 20 heteroatoms. The van der Waals surface area contributed by atoms with Crippen LogP contribution in [0.3, 0.4) is 0 Å². The Hall–Kier alpha value is -4.37. The maximum atomic E-state index is 13.7. The van der Waals surface area contributed by atoms with Crippen LogP contribution in [0.15, 0.2) is 121 Å². The fourth-order valence-corrected chi connectivity index (χ4v) is 17.5. The number of aliphatic hydroxyl groups is 1. The summed E-state index contributed by atoms with van der Waals surface area (Å²) in [6, 6.07) is 40.2. The molecule has 0 bridgehead atoms. The molecular weight excluding hydrogens is 1390 g/mol. The van der Waals surface area contributed by atoms with Crippen LogP contribution >= 0.6 is 0 Å². The van der Waals surface area contributed by atoms with Gasteiger partial charge in [-0.15, -0.1) is 0 Å². The normalized spacial score (nSPS) is 41.4. The fourth-order valence-electron chi connectivity index (χ4n) is 17.5. The molecule has 0 spiro atoms. The van der Waals surface area contributed by atoms with Gasteiger partial charge in [0.05, 0.1) is 89.0 Å². The summed E-state index contributed by atoms with van der Waals surface area (Å²) in [4.78, 5) is 12.9. The quantitative estimate of drug-likeness (QED) is 0.0452. The van der Waals surface area contributed by atoms with Crippen molar-refractivity contribution in [3.05, 3.63) is 144 Å². The van der Waals surface area contributed by atoms with E-state index in [1.165, 1.54) is 6.92 Å². The Morgan fingerprint density at radius 2 is 0.624 bits per heavy atom. The predicted molar refractivity (Wildman–Crippen MR) is 411 cm³/mol. The van der Waals surface area contributed by atoms with Gasteiger partial charge in [-0.25, -0.2) is 0 Å². The Kier molecular flexibility index (Phi) is 31.6. The van der Waals surface area contributed by atoms with E-state index >= 15 is 0 Å². The highest BCUT2D eigenvalue weighted by molar-refractivity contribution is 5.66. The summed E-state index contributed by atoms with van der Waals surface area (Å²) < 4.78 is 127. The molecule has 7 heterocycles. The standard InChI is InChI=1S/C89H132O20/c1-19-68-51(6)50(5)60(15)84(98-68)107-78-55(10)52(7)69(20-2)99-86(78)96-49-73-75(91)81(82(94-45-66-39-31-25-32-40-66)89(103-73)106-77-58(13)61(16)83(95-46-67-41-33-26-34-42-67)104-74(77)48-93-44-65-37-29-24-30-38-65)109-88-80(56(11)53(8)70(21-3)100-88)108-85-62(17)59(14)76(71(22-4)101-85)105-87-79(97-63(18)90)57(12)54(9)72(102-87)47-92-43-64-35-27-23-28-36-64/h23-42,50-62,68-89,91H,19-22,43-49H2,1-18H3/t50-,51-,52-,53+,54+,55-,56+,57-,58+,59+,60?,61?,62?,68?,69?,70?,71?,72?,73?,74?,75+,76-,77-,78?,79?,80?,81-,82?,83+,84-,85-,86-,87-,88-,89-/m0/s1. The van der Waals surface area contributed by atoms with Gasteiger partial charge in [-0.2, -0.15) is 0 Å². The maximum absolute atomic E-state index is 13.7. The average Bonchev–Trinajstić information content (AvgIpc) is 0.775. The number of hydrogen-bond acceptors (Lipinski definition) is 20. The zero-order valence-corrected chi connectivity index (χ0v) is 68.2. The monoisotopic (exact) mass is 1520 g/mol. The highest BCUT2D eigenvalue weighted by Gasteiger charge is 2.57. The van der Waals surface area contributed by atoms with Crippen molar-refractivity contribution in [1.82, 2.24) is 0 Å². The van der Waals surface area contributed by atoms with Crippen molar-refractivity contribution in [3.63, 3.8) is 0 Å². The minimum absolute atomic E-state index is 0.00218. The van der Waals surface area contributed by atoms with Gasteiger partial charge < -0.3 is 90.4 Å². The van der Waals surface area contributed by atoms with Crippen LogP contribution in [-0.4, -0.2) is 166 Å².